The first-order chi connectivity index (χ1) is 18.5. The van der Waals surface area contributed by atoms with Crippen LogP contribution in [0, 0.1) is 5.82 Å². The molecule has 12 nitrogen and oxygen atoms in total. The Kier molecular flexibility index (Phi) is 8.87. The van der Waals surface area contributed by atoms with Crippen LogP contribution in [-0.4, -0.2) is 66.8 Å². The molecule has 1 amide bonds. The SMILES string of the molecule is COC(=O)N[C@@H](C)CNc1nccc(-c2cn(C3CCCCO3)nc2-c2cc(Cl)cc(NS(C)(=O)=O)c2F)n1. The van der Waals surface area contributed by atoms with Crippen molar-refractivity contribution in [1.82, 2.24) is 25.1 Å². The van der Waals surface area contributed by atoms with Crippen LogP contribution in [0.25, 0.3) is 22.5 Å². The number of ether oxygens (including phenoxy) is 2. The molecule has 1 aromatic carbocycles. The van der Waals surface area contributed by atoms with Gasteiger partial charge in [-0.2, -0.15) is 5.10 Å². The predicted molar refractivity (Wildman–Crippen MR) is 144 cm³/mol. The summed E-state index contributed by atoms with van der Waals surface area (Å²) >= 11 is 6.26. The molecule has 39 heavy (non-hydrogen) atoms. The molecule has 210 valence electrons. The average Bonchev–Trinajstić information content (AvgIpc) is 3.34. The smallest absolute Gasteiger partial charge is 0.407 e. The molecule has 1 unspecified atom stereocenters. The molecule has 0 spiro atoms. The van der Waals surface area contributed by atoms with Gasteiger partial charge in [0.05, 0.1) is 24.7 Å². The van der Waals surface area contributed by atoms with Gasteiger partial charge in [-0.3, -0.25) is 4.72 Å². The molecule has 0 aliphatic carbocycles. The van der Waals surface area contributed by atoms with Gasteiger partial charge in [-0.1, -0.05) is 11.6 Å². The van der Waals surface area contributed by atoms with Crippen molar-refractivity contribution >= 4 is 39.4 Å². The summed E-state index contributed by atoms with van der Waals surface area (Å²) in [5.74, 6) is -0.569. The minimum Gasteiger partial charge on any atom is -0.453 e. The second-order valence-corrected chi connectivity index (χ2v) is 11.2. The number of hydrogen-bond acceptors (Lipinski definition) is 9. The monoisotopic (exact) mass is 581 g/mol. The third-order valence-electron chi connectivity index (χ3n) is 5.82. The van der Waals surface area contributed by atoms with E-state index in [1.54, 1.807) is 23.9 Å². The third-order valence-corrected chi connectivity index (χ3v) is 6.63. The number of nitrogens with zero attached hydrogens (tertiary/aromatic N) is 4. The van der Waals surface area contributed by atoms with E-state index in [4.69, 9.17) is 16.3 Å². The Morgan fingerprint density at radius 2 is 2.13 bits per heavy atom. The predicted octanol–water partition coefficient (Wildman–Crippen LogP) is 4.03. The molecule has 0 bridgehead atoms. The van der Waals surface area contributed by atoms with Crippen LogP contribution < -0.4 is 15.4 Å². The molecular weight excluding hydrogens is 553 g/mol. The number of halogens is 2. The van der Waals surface area contributed by atoms with Gasteiger partial charge in [-0.05, 0) is 44.4 Å². The van der Waals surface area contributed by atoms with Crippen LogP contribution in [0.3, 0.4) is 0 Å². The Labute approximate surface area is 230 Å². The van der Waals surface area contributed by atoms with Gasteiger partial charge >= 0.3 is 6.09 Å². The summed E-state index contributed by atoms with van der Waals surface area (Å²) in [7, 11) is -2.50. The number of carbonyl (C=O) groups excluding carboxylic acids is 1. The Morgan fingerprint density at radius 1 is 1.33 bits per heavy atom. The molecule has 3 aromatic rings. The maximum atomic E-state index is 15.7. The van der Waals surface area contributed by atoms with E-state index in [2.05, 4.69) is 35.2 Å². The summed E-state index contributed by atoms with van der Waals surface area (Å²) in [4.78, 5) is 20.2. The first kappa shape index (κ1) is 28.5. The van der Waals surface area contributed by atoms with Crippen molar-refractivity contribution in [1.29, 1.82) is 0 Å². The molecule has 0 saturated carbocycles. The number of carbonyl (C=O) groups is 1. The normalized spacial score (nSPS) is 16.4. The second-order valence-electron chi connectivity index (χ2n) is 9.07. The lowest BCUT2D eigenvalue weighted by molar-refractivity contribution is -0.0393. The molecule has 3 heterocycles. The van der Waals surface area contributed by atoms with Crippen LogP contribution in [0.2, 0.25) is 5.02 Å². The summed E-state index contributed by atoms with van der Waals surface area (Å²) in [5, 5.41) is 10.4. The van der Waals surface area contributed by atoms with Crippen molar-refractivity contribution in [3.8, 4) is 22.5 Å². The highest BCUT2D eigenvalue weighted by atomic mass is 35.5. The van der Waals surface area contributed by atoms with Crippen molar-refractivity contribution in [3.63, 3.8) is 0 Å². The summed E-state index contributed by atoms with van der Waals surface area (Å²) in [6.45, 7) is 2.66. The third kappa shape index (κ3) is 7.34. The van der Waals surface area contributed by atoms with Crippen LogP contribution in [0.15, 0.2) is 30.6 Å². The van der Waals surface area contributed by atoms with E-state index in [1.807, 2.05) is 0 Å². The Morgan fingerprint density at radius 3 is 2.82 bits per heavy atom. The first-order valence-corrected chi connectivity index (χ1v) is 14.4. The fourth-order valence-electron chi connectivity index (χ4n) is 4.04. The minimum atomic E-state index is -3.78. The van der Waals surface area contributed by atoms with E-state index in [-0.39, 0.29) is 40.2 Å². The Bertz CT molecular complexity index is 1450. The number of amides is 1. The molecule has 2 atom stereocenters. The van der Waals surface area contributed by atoms with Gasteiger partial charge in [0.1, 0.15) is 11.9 Å². The van der Waals surface area contributed by atoms with Crippen LogP contribution >= 0.6 is 11.6 Å². The van der Waals surface area contributed by atoms with Gasteiger partial charge in [0.15, 0.2) is 5.82 Å². The lowest BCUT2D eigenvalue weighted by Crippen LogP contribution is -2.37. The molecule has 2 aromatic heterocycles. The van der Waals surface area contributed by atoms with Gasteiger partial charge in [0.2, 0.25) is 16.0 Å². The van der Waals surface area contributed by atoms with E-state index in [1.165, 1.54) is 25.4 Å². The van der Waals surface area contributed by atoms with Crippen molar-refractivity contribution in [3.05, 3.63) is 41.4 Å². The number of methoxy groups -OCH3 is 1. The van der Waals surface area contributed by atoms with Crippen LogP contribution in [0.1, 0.15) is 32.4 Å². The average molecular weight is 582 g/mol. The van der Waals surface area contributed by atoms with E-state index in [0.29, 0.717) is 24.4 Å². The maximum Gasteiger partial charge on any atom is 0.407 e. The standard InChI is InChI=1S/C24H29ClFN7O5S/c1-14(29-24(34)37-2)12-28-23-27-8-7-18(30-23)17-13-33(20-6-4-5-9-38-20)31-22(17)16-10-15(25)11-19(21(16)26)32-39(3,35)36/h7-8,10-11,13-14,20,32H,4-6,9,12H2,1-3H3,(H,29,34)(H,27,28,30)/t14-,20?/m0/s1. The lowest BCUT2D eigenvalue weighted by atomic mass is 10.0. The molecule has 4 rings (SSSR count). The summed E-state index contributed by atoms with van der Waals surface area (Å²) in [6.07, 6.45) is 5.86. The van der Waals surface area contributed by atoms with E-state index in [9.17, 15) is 13.2 Å². The van der Waals surface area contributed by atoms with Gasteiger partial charge in [-0.25, -0.2) is 32.3 Å². The van der Waals surface area contributed by atoms with Gasteiger partial charge in [0, 0.05) is 47.7 Å². The zero-order valence-electron chi connectivity index (χ0n) is 21.6. The Balaban J connectivity index is 1.74. The quantitative estimate of drug-likeness (QED) is 0.340. The number of hydrogen-bond donors (Lipinski definition) is 3. The molecule has 15 heteroatoms. The van der Waals surface area contributed by atoms with Gasteiger partial charge < -0.3 is 20.1 Å². The fourth-order valence-corrected chi connectivity index (χ4v) is 4.81. The molecule has 0 radical (unpaired) electrons. The number of aromatic nitrogens is 4. The highest BCUT2D eigenvalue weighted by Crippen LogP contribution is 2.38. The van der Waals surface area contributed by atoms with Crippen molar-refractivity contribution < 1.29 is 27.1 Å². The number of sulfonamides is 1. The summed E-state index contributed by atoms with van der Waals surface area (Å²) in [5.41, 5.74) is 0.775. The minimum absolute atomic E-state index is 0.0118. The molecule has 1 fully saturated rings. The number of nitrogens with one attached hydrogen (secondary N) is 3. The topological polar surface area (TPSA) is 149 Å². The highest BCUT2D eigenvalue weighted by Gasteiger charge is 2.25. The summed E-state index contributed by atoms with van der Waals surface area (Å²) in [6, 6.07) is 3.93. The maximum absolute atomic E-state index is 15.7. The molecular formula is C24H29ClFN7O5S. The van der Waals surface area contributed by atoms with Gasteiger partial charge in [-0.15, -0.1) is 0 Å². The van der Waals surface area contributed by atoms with Crippen molar-refractivity contribution in [2.45, 2.75) is 38.5 Å². The number of benzene rings is 1. The first-order valence-electron chi connectivity index (χ1n) is 12.1. The van der Waals surface area contributed by atoms with E-state index in [0.717, 1.165) is 25.5 Å². The zero-order valence-corrected chi connectivity index (χ0v) is 23.1. The van der Waals surface area contributed by atoms with Crippen LogP contribution in [0.4, 0.5) is 20.8 Å². The number of rotatable bonds is 9. The van der Waals surface area contributed by atoms with Crippen LogP contribution in [-0.2, 0) is 19.5 Å². The molecule has 3 N–H and O–H groups in total. The van der Waals surface area contributed by atoms with Gasteiger partial charge in [0.25, 0.3) is 0 Å². The highest BCUT2D eigenvalue weighted by molar-refractivity contribution is 7.92. The second kappa shape index (κ2) is 12.1. The summed E-state index contributed by atoms with van der Waals surface area (Å²) < 4.78 is 53.6. The molecule has 1 aliphatic heterocycles. The molecule has 1 aliphatic rings. The van der Waals surface area contributed by atoms with Crippen LogP contribution in [0.5, 0.6) is 0 Å². The zero-order chi connectivity index (χ0) is 28.2. The number of anilines is 2. The lowest BCUT2D eigenvalue weighted by Gasteiger charge is -2.22. The van der Waals surface area contributed by atoms with Crippen molar-refractivity contribution in [2.75, 3.05) is 36.6 Å². The van der Waals surface area contributed by atoms with E-state index < -0.39 is 21.9 Å². The van der Waals surface area contributed by atoms with E-state index >= 15 is 4.39 Å². The van der Waals surface area contributed by atoms with Crippen molar-refractivity contribution in [2.24, 2.45) is 0 Å². The largest absolute Gasteiger partial charge is 0.453 e. The number of alkyl carbamates (subject to hydrolysis) is 1. The molecule has 1 saturated heterocycles. The fraction of sp³-hybridized carbons (Fsp3) is 0.417. The Hall–Kier alpha value is -3.49.